The van der Waals surface area contributed by atoms with Crippen molar-refractivity contribution in [3.8, 4) is 11.5 Å². The van der Waals surface area contributed by atoms with Gasteiger partial charge in [0.15, 0.2) is 23.4 Å². The van der Waals surface area contributed by atoms with Crippen LogP contribution in [0.5, 0.6) is 11.5 Å². The maximum atomic E-state index is 12.6. The molecule has 1 saturated heterocycles. The van der Waals surface area contributed by atoms with Gasteiger partial charge in [-0.25, -0.2) is 0 Å². The van der Waals surface area contributed by atoms with Gasteiger partial charge in [-0.2, -0.15) is 7.82 Å². The highest BCUT2D eigenvalue weighted by Crippen LogP contribution is 2.64. The van der Waals surface area contributed by atoms with Crippen molar-refractivity contribution < 1.29 is 39.0 Å². The number of benzene rings is 1. The zero-order valence-corrected chi connectivity index (χ0v) is 16.5. The minimum Gasteiger partial charge on any atom is -0.822 e. The van der Waals surface area contributed by atoms with Gasteiger partial charge < -0.3 is 34.2 Å². The first-order chi connectivity index (χ1) is 13.5. The third kappa shape index (κ3) is 2.88. The Morgan fingerprint density at radius 2 is 2.03 bits per heavy atom. The van der Waals surface area contributed by atoms with Gasteiger partial charge >= 0.3 is 0 Å². The normalized spacial score (nSPS) is 34.6. The topological polar surface area (TPSA) is 156 Å². The summed E-state index contributed by atoms with van der Waals surface area (Å²) in [6.45, 7) is 5.36. The van der Waals surface area contributed by atoms with Gasteiger partial charge in [-0.15, -0.1) is 6.58 Å². The summed E-state index contributed by atoms with van der Waals surface area (Å²) < 4.78 is 14.5. The Bertz CT molecular complexity index is 921. The lowest BCUT2D eigenvalue weighted by Crippen LogP contribution is -2.76. The second-order valence-corrected chi connectivity index (χ2v) is 8.90. The second kappa shape index (κ2) is 6.63. The number of rotatable bonds is 2. The number of phenolic OH excluding ortho intramolecular Hbond substituents is 1. The van der Waals surface area contributed by atoms with E-state index in [1.165, 1.54) is 0 Å². The van der Waals surface area contributed by atoms with Crippen molar-refractivity contribution in [1.82, 2.24) is 4.90 Å². The van der Waals surface area contributed by atoms with E-state index in [9.17, 15) is 15.0 Å². The Kier molecular flexibility index (Phi) is 4.70. The molecule has 2 fully saturated rings. The first kappa shape index (κ1) is 20.5. The zero-order chi connectivity index (χ0) is 21.2. The molecule has 158 valence electrons. The number of Topliss-reactive ketones (excluding diaryl/α,β-unsaturated/α-hetero) is 1. The predicted molar refractivity (Wildman–Crippen MR) is 94.9 cm³/mol. The summed E-state index contributed by atoms with van der Waals surface area (Å²) in [5, 5.41) is 22.1. The predicted octanol–water partition coefficient (Wildman–Crippen LogP) is -1.52. The molecule has 1 aromatic rings. The lowest BCUT2D eigenvalue weighted by molar-refractivity contribution is -0.432. The molecule has 9 nitrogen and oxygen atoms in total. The van der Waals surface area contributed by atoms with Crippen LogP contribution in [0.2, 0.25) is 0 Å². The average Bonchev–Trinajstić information content (AvgIpc) is 2.97. The van der Waals surface area contributed by atoms with Gasteiger partial charge in [-0.3, -0.25) is 9.69 Å². The monoisotopic (exact) mass is 422 g/mol. The van der Waals surface area contributed by atoms with Gasteiger partial charge in [0.05, 0.1) is 11.0 Å². The van der Waals surface area contributed by atoms with Crippen LogP contribution in [0.1, 0.15) is 30.4 Å². The van der Waals surface area contributed by atoms with E-state index in [1.54, 1.807) is 6.07 Å². The number of hydrogen-bond donors (Lipinski definition) is 2. The maximum absolute atomic E-state index is 12.6. The van der Waals surface area contributed by atoms with E-state index >= 15 is 0 Å². The van der Waals surface area contributed by atoms with E-state index in [1.807, 2.05) is 12.1 Å². The van der Waals surface area contributed by atoms with E-state index in [-0.39, 0.29) is 17.6 Å². The molecular formula is C19H21NO8P-3. The molecule has 1 saturated carbocycles. The smallest absolute Gasteiger partial charge is 0.174 e. The Balaban J connectivity index is 0.000000369. The van der Waals surface area contributed by atoms with Crippen LogP contribution in [0.25, 0.3) is 0 Å². The molecule has 2 aliphatic heterocycles. The van der Waals surface area contributed by atoms with Crippen molar-refractivity contribution >= 4 is 13.6 Å². The van der Waals surface area contributed by atoms with Crippen LogP contribution in [0.3, 0.4) is 0 Å². The minimum atomic E-state index is -5.39. The van der Waals surface area contributed by atoms with Gasteiger partial charge in [-0.1, -0.05) is 12.1 Å². The number of hydrogen-bond acceptors (Lipinski definition) is 9. The lowest BCUT2D eigenvalue weighted by Gasteiger charge is -2.62. The molecule has 2 N–H and O–H groups in total. The lowest BCUT2D eigenvalue weighted by atomic mass is 9.49. The molecule has 0 aromatic heterocycles. The van der Waals surface area contributed by atoms with E-state index < -0.39 is 24.9 Å². The third-order valence-electron chi connectivity index (χ3n) is 6.73. The maximum Gasteiger partial charge on any atom is 0.174 e. The molecule has 4 aliphatic rings. The van der Waals surface area contributed by atoms with Crippen molar-refractivity contribution in [1.29, 1.82) is 0 Å². The van der Waals surface area contributed by atoms with Crippen molar-refractivity contribution in [3.05, 3.63) is 35.9 Å². The van der Waals surface area contributed by atoms with Crippen molar-refractivity contribution in [2.24, 2.45) is 0 Å². The number of phenols is 1. The van der Waals surface area contributed by atoms with Crippen LogP contribution in [-0.4, -0.2) is 51.7 Å². The third-order valence-corrected chi connectivity index (χ3v) is 6.73. The molecular weight excluding hydrogens is 401 g/mol. The molecule has 5 rings (SSSR count). The fourth-order valence-electron chi connectivity index (χ4n) is 5.80. The number of carbonyl (C=O) groups is 1. The first-order valence-electron chi connectivity index (χ1n) is 9.38. The summed E-state index contributed by atoms with van der Waals surface area (Å²) in [4.78, 5) is 40.6. The van der Waals surface area contributed by atoms with E-state index in [0.29, 0.717) is 31.4 Å². The summed E-state index contributed by atoms with van der Waals surface area (Å²) in [6, 6.07) is 3.52. The van der Waals surface area contributed by atoms with Gasteiger partial charge in [0.25, 0.3) is 0 Å². The number of piperidine rings is 1. The van der Waals surface area contributed by atoms with Gasteiger partial charge in [0, 0.05) is 31.1 Å². The summed E-state index contributed by atoms with van der Waals surface area (Å²) >= 11 is 0. The number of aromatic hydroxyl groups is 1. The molecule has 4 atom stereocenters. The molecule has 0 amide bonds. The molecule has 1 aromatic carbocycles. The van der Waals surface area contributed by atoms with E-state index in [2.05, 4.69) is 11.5 Å². The van der Waals surface area contributed by atoms with Crippen LogP contribution in [-0.2, 0) is 21.2 Å². The molecule has 1 spiro atoms. The Labute approximate surface area is 167 Å². The van der Waals surface area contributed by atoms with Gasteiger partial charge in [0.2, 0.25) is 0 Å². The fraction of sp³-hybridized carbons (Fsp3) is 0.526. The van der Waals surface area contributed by atoms with Crippen LogP contribution in [0.15, 0.2) is 24.8 Å². The Morgan fingerprint density at radius 1 is 1.34 bits per heavy atom. The molecule has 2 aliphatic carbocycles. The summed E-state index contributed by atoms with van der Waals surface area (Å²) in [6.07, 6.45) is 3.35. The number of likely N-dealkylation sites (tertiary alicyclic amines) is 1. The SMILES string of the molecule is C=CCN1CC[C@]23c4c5ccc(O)c4O[C@H]2C(=O)CC[C@@]3(O)[C@H]1C5.O=P([O-])([O-])[O-]. The number of phosphoric acid groups is 1. The molecule has 0 radical (unpaired) electrons. The number of nitrogens with zero attached hydrogens (tertiary/aromatic N) is 1. The number of ketones is 1. The van der Waals surface area contributed by atoms with E-state index in [4.69, 9.17) is 24.0 Å². The van der Waals surface area contributed by atoms with Gasteiger partial charge in [0.1, 0.15) is 0 Å². The second-order valence-electron chi connectivity index (χ2n) is 8.01. The number of carbonyl (C=O) groups excluding carboxylic acids is 1. The highest BCUT2D eigenvalue weighted by Gasteiger charge is 2.72. The summed E-state index contributed by atoms with van der Waals surface area (Å²) in [5.41, 5.74) is 0.256. The zero-order valence-electron chi connectivity index (χ0n) is 15.6. The largest absolute Gasteiger partial charge is 0.822 e. The number of ether oxygens (including phenoxy) is 1. The quantitative estimate of drug-likeness (QED) is 0.427. The van der Waals surface area contributed by atoms with Crippen LogP contribution in [0, 0.1) is 0 Å². The fourth-order valence-corrected chi connectivity index (χ4v) is 5.80. The average molecular weight is 422 g/mol. The standard InChI is InChI=1S/C19H21NO4.H3O4P/c1-2-8-20-9-7-18-15-11-3-4-12(21)16(15)24-17(18)13(22)5-6-19(18,23)14(20)10-11;1-5(2,3)4/h2-4,14,17,21,23H,1,5-10H2;(H3,1,2,3,4)/p-3/t14-,17+,18+,19-;/m1./s1. The van der Waals surface area contributed by atoms with Crippen molar-refractivity contribution in [2.75, 3.05) is 13.1 Å². The molecule has 2 bridgehead atoms. The highest BCUT2D eigenvalue weighted by atomic mass is 31.2. The van der Waals surface area contributed by atoms with Crippen molar-refractivity contribution in [3.63, 3.8) is 0 Å². The summed E-state index contributed by atoms with van der Waals surface area (Å²) in [7, 11) is -5.39. The number of aliphatic hydroxyl groups is 1. The minimum absolute atomic E-state index is 0.0408. The van der Waals surface area contributed by atoms with Gasteiger partial charge in [-0.05, 0) is 30.9 Å². The Hall–Kier alpha value is -1.74. The molecule has 10 heteroatoms. The van der Waals surface area contributed by atoms with Crippen LogP contribution < -0.4 is 19.4 Å². The molecule has 0 unspecified atom stereocenters. The molecule has 2 heterocycles. The van der Waals surface area contributed by atoms with E-state index in [0.717, 1.165) is 24.2 Å². The van der Waals surface area contributed by atoms with Crippen LogP contribution >= 0.6 is 7.82 Å². The molecule has 29 heavy (non-hydrogen) atoms. The highest BCUT2D eigenvalue weighted by molar-refractivity contribution is 7.40. The summed E-state index contributed by atoms with van der Waals surface area (Å²) in [5.74, 6) is 0.528. The Morgan fingerprint density at radius 3 is 2.69 bits per heavy atom. The van der Waals surface area contributed by atoms with Crippen molar-refractivity contribution in [2.45, 2.75) is 48.8 Å². The van der Waals surface area contributed by atoms with Crippen LogP contribution in [0.4, 0.5) is 0 Å². The first-order valence-corrected chi connectivity index (χ1v) is 10.8.